The summed E-state index contributed by atoms with van der Waals surface area (Å²) in [7, 11) is 0. The van der Waals surface area contributed by atoms with E-state index in [9.17, 15) is 0 Å². The quantitative estimate of drug-likeness (QED) is 0.770. The van der Waals surface area contributed by atoms with Crippen molar-refractivity contribution in [3.8, 4) is 0 Å². The van der Waals surface area contributed by atoms with E-state index in [1.807, 2.05) is 36.0 Å². The number of hydrogen-bond donors (Lipinski definition) is 1. The molecule has 0 fully saturated rings. The highest BCUT2D eigenvalue weighted by atomic mass is 35.5. The van der Waals surface area contributed by atoms with Crippen molar-refractivity contribution in [2.75, 3.05) is 5.32 Å². The zero-order valence-electron chi connectivity index (χ0n) is 10.3. The summed E-state index contributed by atoms with van der Waals surface area (Å²) in [5.41, 5.74) is 3.70. The molecule has 0 saturated carbocycles. The summed E-state index contributed by atoms with van der Waals surface area (Å²) in [6, 6.07) is 8.01. The number of nitrogens with one attached hydrogen (secondary N) is 1. The highest BCUT2D eigenvalue weighted by Gasteiger charge is 2.10. The molecule has 19 heavy (non-hydrogen) atoms. The third kappa shape index (κ3) is 2.41. The molecule has 0 aliphatic rings. The molecule has 5 heteroatoms. The van der Waals surface area contributed by atoms with Gasteiger partial charge in [-0.2, -0.15) is 0 Å². The van der Waals surface area contributed by atoms with Gasteiger partial charge in [-0.3, -0.25) is 9.97 Å². The number of fused-ring (bicyclic) bond motifs is 1. The first-order valence-electron chi connectivity index (χ1n) is 5.94. The van der Waals surface area contributed by atoms with Crippen molar-refractivity contribution < 1.29 is 0 Å². The fraction of sp³-hybridized carbons (Fsp3) is 0.143. The van der Waals surface area contributed by atoms with Crippen LogP contribution in [-0.2, 0) is 0 Å². The Morgan fingerprint density at radius 2 is 2.21 bits per heavy atom. The lowest BCUT2D eigenvalue weighted by Crippen LogP contribution is -2.05. The second-order valence-electron chi connectivity index (χ2n) is 4.26. The molecule has 2 heterocycles. The standard InChI is InChI=1S/C14H12ClN3S/c1-9(13-7-16-8-19-13)18-12-5-4-11(15)14-10(12)3-2-6-17-14/h2-9,18H,1H3. The molecule has 2 aromatic heterocycles. The topological polar surface area (TPSA) is 37.8 Å². The van der Waals surface area contributed by atoms with E-state index >= 15 is 0 Å². The molecule has 1 unspecified atom stereocenters. The predicted molar refractivity (Wildman–Crippen MR) is 80.9 cm³/mol. The fourth-order valence-corrected chi connectivity index (χ4v) is 2.85. The molecule has 1 aromatic carbocycles. The molecular weight excluding hydrogens is 278 g/mol. The molecule has 3 nitrogen and oxygen atoms in total. The number of pyridine rings is 1. The van der Waals surface area contributed by atoms with Crippen LogP contribution in [0, 0.1) is 0 Å². The van der Waals surface area contributed by atoms with Crippen LogP contribution in [-0.4, -0.2) is 9.97 Å². The number of nitrogens with zero attached hydrogens (tertiary/aromatic N) is 2. The van der Waals surface area contributed by atoms with Crippen LogP contribution < -0.4 is 5.32 Å². The number of thiazole rings is 1. The Morgan fingerprint density at radius 1 is 1.32 bits per heavy atom. The first-order valence-corrected chi connectivity index (χ1v) is 7.19. The molecule has 1 atom stereocenters. The maximum Gasteiger partial charge on any atom is 0.0908 e. The average molecular weight is 290 g/mol. The van der Waals surface area contributed by atoms with E-state index in [4.69, 9.17) is 11.6 Å². The van der Waals surface area contributed by atoms with Crippen molar-refractivity contribution in [2.45, 2.75) is 13.0 Å². The number of aromatic nitrogens is 2. The zero-order valence-corrected chi connectivity index (χ0v) is 11.9. The Hall–Kier alpha value is -1.65. The van der Waals surface area contributed by atoms with E-state index < -0.39 is 0 Å². The van der Waals surface area contributed by atoms with Gasteiger partial charge in [-0.15, -0.1) is 11.3 Å². The van der Waals surface area contributed by atoms with Crippen LogP contribution in [0.25, 0.3) is 10.9 Å². The van der Waals surface area contributed by atoms with Crippen LogP contribution in [0.4, 0.5) is 5.69 Å². The Morgan fingerprint density at radius 3 is 3.00 bits per heavy atom. The van der Waals surface area contributed by atoms with Gasteiger partial charge in [0.05, 0.1) is 22.1 Å². The van der Waals surface area contributed by atoms with Gasteiger partial charge in [-0.25, -0.2) is 0 Å². The lowest BCUT2D eigenvalue weighted by Gasteiger charge is -2.15. The summed E-state index contributed by atoms with van der Waals surface area (Å²) in [4.78, 5) is 9.64. The van der Waals surface area contributed by atoms with Gasteiger partial charge >= 0.3 is 0 Å². The minimum atomic E-state index is 0.206. The maximum atomic E-state index is 6.17. The second kappa shape index (κ2) is 5.15. The highest BCUT2D eigenvalue weighted by Crippen LogP contribution is 2.31. The minimum absolute atomic E-state index is 0.206. The van der Waals surface area contributed by atoms with Crippen LogP contribution in [0.1, 0.15) is 17.8 Å². The normalized spacial score (nSPS) is 12.5. The summed E-state index contributed by atoms with van der Waals surface area (Å²) >= 11 is 7.81. The van der Waals surface area contributed by atoms with Gasteiger partial charge in [0.15, 0.2) is 0 Å². The van der Waals surface area contributed by atoms with Gasteiger partial charge in [0.1, 0.15) is 0 Å². The number of rotatable bonds is 3. The molecule has 0 aliphatic heterocycles. The molecule has 0 spiro atoms. The molecule has 3 aromatic rings. The maximum absolute atomic E-state index is 6.17. The minimum Gasteiger partial charge on any atom is -0.377 e. The van der Waals surface area contributed by atoms with E-state index in [0.29, 0.717) is 5.02 Å². The highest BCUT2D eigenvalue weighted by molar-refractivity contribution is 7.09. The van der Waals surface area contributed by atoms with Crippen molar-refractivity contribution >= 4 is 39.5 Å². The molecule has 0 bridgehead atoms. The third-order valence-corrected chi connectivity index (χ3v) is 4.23. The van der Waals surface area contributed by atoms with E-state index in [1.165, 1.54) is 4.88 Å². The Labute approximate surface area is 120 Å². The Balaban J connectivity index is 2.00. The first-order chi connectivity index (χ1) is 9.25. The summed E-state index contributed by atoms with van der Waals surface area (Å²) in [6.45, 7) is 2.12. The van der Waals surface area contributed by atoms with Crippen LogP contribution in [0.3, 0.4) is 0 Å². The molecule has 0 aliphatic carbocycles. The number of hydrogen-bond acceptors (Lipinski definition) is 4. The second-order valence-corrected chi connectivity index (χ2v) is 5.59. The smallest absolute Gasteiger partial charge is 0.0908 e. The predicted octanol–water partition coefficient (Wildman–Crippen LogP) is 4.52. The van der Waals surface area contributed by atoms with Crippen molar-refractivity contribution in [2.24, 2.45) is 0 Å². The van der Waals surface area contributed by atoms with Crippen molar-refractivity contribution in [1.82, 2.24) is 9.97 Å². The third-order valence-electron chi connectivity index (χ3n) is 2.97. The number of halogens is 1. The molecule has 1 N–H and O–H groups in total. The first kappa shape index (κ1) is 12.4. The monoisotopic (exact) mass is 289 g/mol. The van der Waals surface area contributed by atoms with Gasteiger partial charge in [0.25, 0.3) is 0 Å². The van der Waals surface area contributed by atoms with E-state index in [0.717, 1.165) is 16.6 Å². The Kier molecular flexibility index (Phi) is 3.36. The van der Waals surface area contributed by atoms with Crippen LogP contribution in [0.2, 0.25) is 5.02 Å². The van der Waals surface area contributed by atoms with Crippen LogP contribution in [0.15, 0.2) is 42.2 Å². The van der Waals surface area contributed by atoms with Crippen molar-refractivity contribution in [3.63, 3.8) is 0 Å². The summed E-state index contributed by atoms with van der Waals surface area (Å²) < 4.78 is 0. The van der Waals surface area contributed by atoms with Crippen molar-refractivity contribution in [1.29, 1.82) is 0 Å². The SMILES string of the molecule is CC(Nc1ccc(Cl)c2ncccc12)c1cncs1. The van der Waals surface area contributed by atoms with Gasteiger partial charge in [-0.05, 0) is 31.2 Å². The fourth-order valence-electron chi connectivity index (χ4n) is 2.01. The van der Waals surface area contributed by atoms with Gasteiger partial charge in [0.2, 0.25) is 0 Å². The number of benzene rings is 1. The lowest BCUT2D eigenvalue weighted by atomic mass is 10.1. The molecule has 0 amide bonds. The molecule has 0 radical (unpaired) electrons. The molecular formula is C14H12ClN3S. The van der Waals surface area contributed by atoms with Crippen LogP contribution in [0.5, 0.6) is 0 Å². The summed E-state index contributed by atoms with van der Waals surface area (Å²) in [5.74, 6) is 0. The molecule has 0 saturated heterocycles. The lowest BCUT2D eigenvalue weighted by molar-refractivity contribution is 0.906. The average Bonchev–Trinajstić information content (AvgIpc) is 2.96. The van der Waals surface area contributed by atoms with Gasteiger partial charge in [0, 0.05) is 28.3 Å². The van der Waals surface area contributed by atoms with E-state index in [1.54, 1.807) is 17.5 Å². The Bertz CT molecular complexity index is 697. The van der Waals surface area contributed by atoms with E-state index in [-0.39, 0.29) is 6.04 Å². The van der Waals surface area contributed by atoms with E-state index in [2.05, 4.69) is 22.2 Å². The zero-order chi connectivity index (χ0) is 13.2. The van der Waals surface area contributed by atoms with Crippen LogP contribution >= 0.6 is 22.9 Å². The molecule has 96 valence electrons. The number of anilines is 1. The summed E-state index contributed by atoms with van der Waals surface area (Å²) in [5, 5.41) is 5.19. The van der Waals surface area contributed by atoms with Gasteiger partial charge in [-0.1, -0.05) is 11.6 Å². The summed E-state index contributed by atoms with van der Waals surface area (Å²) in [6.07, 6.45) is 3.64. The molecule has 3 rings (SSSR count). The van der Waals surface area contributed by atoms with Gasteiger partial charge < -0.3 is 5.32 Å². The largest absolute Gasteiger partial charge is 0.377 e. The van der Waals surface area contributed by atoms with Crippen molar-refractivity contribution in [3.05, 3.63) is 52.1 Å².